The first-order valence-electron chi connectivity index (χ1n) is 8.98. The third kappa shape index (κ3) is 5.19. The topological polar surface area (TPSA) is 66.8 Å². The first-order valence-corrected chi connectivity index (χ1v) is 8.98. The van der Waals surface area contributed by atoms with Gasteiger partial charge in [-0.3, -0.25) is 4.79 Å². The number of hydrogen-bond acceptors (Lipinski definition) is 4. The van der Waals surface area contributed by atoms with Crippen LogP contribution >= 0.6 is 0 Å². The quantitative estimate of drug-likeness (QED) is 0.643. The number of phenols is 1. The van der Waals surface area contributed by atoms with E-state index in [-0.39, 0.29) is 29.6 Å². The molecule has 0 fully saturated rings. The molecule has 0 aliphatic heterocycles. The molecule has 0 bridgehead atoms. The van der Waals surface area contributed by atoms with Crippen LogP contribution in [0.3, 0.4) is 0 Å². The number of benzene rings is 3. The Morgan fingerprint density at radius 3 is 2.38 bits per heavy atom. The normalized spacial score (nSPS) is 10.4. The predicted molar refractivity (Wildman–Crippen MR) is 107 cm³/mol. The third-order valence-corrected chi connectivity index (χ3v) is 4.40. The largest absolute Gasteiger partial charge is 0.507 e. The lowest BCUT2D eigenvalue weighted by Crippen LogP contribution is -2.30. The summed E-state index contributed by atoms with van der Waals surface area (Å²) >= 11 is 0. The van der Waals surface area contributed by atoms with Gasteiger partial charge in [0.2, 0.25) is 0 Å². The van der Waals surface area contributed by atoms with E-state index in [2.05, 4.69) is 0 Å². The number of carbonyl (C=O) groups is 2. The van der Waals surface area contributed by atoms with Crippen molar-refractivity contribution in [2.75, 3.05) is 13.7 Å². The standard InChI is InChI=1S/C23H20FNO4/c1-25(14-16-7-10-19(24)11-8-16)22(27)15-29-23(28)18-9-12-21(26)20(13-18)17-5-3-2-4-6-17/h2-13,26H,14-15H2,1H3. The van der Waals surface area contributed by atoms with Crippen molar-refractivity contribution in [3.8, 4) is 16.9 Å². The van der Waals surface area contributed by atoms with Crippen molar-refractivity contribution >= 4 is 11.9 Å². The number of likely N-dealkylation sites (N-methyl/N-ethyl adjacent to an activating group) is 1. The summed E-state index contributed by atoms with van der Waals surface area (Å²) < 4.78 is 18.1. The maximum atomic E-state index is 13.0. The molecule has 3 aromatic rings. The van der Waals surface area contributed by atoms with Crippen molar-refractivity contribution in [3.63, 3.8) is 0 Å². The monoisotopic (exact) mass is 393 g/mol. The lowest BCUT2D eigenvalue weighted by molar-refractivity contribution is -0.133. The number of nitrogens with zero attached hydrogens (tertiary/aromatic N) is 1. The molecule has 0 saturated heterocycles. The maximum Gasteiger partial charge on any atom is 0.338 e. The van der Waals surface area contributed by atoms with Gasteiger partial charge in [-0.25, -0.2) is 9.18 Å². The van der Waals surface area contributed by atoms with Crippen molar-refractivity contribution in [2.24, 2.45) is 0 Å². The summed E-state index contributed by atoms with van der Waals surface area (Å²) in [5.74, 6) is -1.35. The molecule has 0 aliphatic rings. The average Bonchev–Trinajstić information content (AvgIpc) is 2.74. The van der Waals surface area contributed by atoms with E-state index in [4.69, 9.17) is 4.74 Å². The van der Waals surface area contributed by atoms with Crippen LogP contribution < -0.4 is 0 Å². The molecule has 0 saturated carbocycles. The van der Waals surface area contributed by atoms with E-state index >= 15 is 0 Å². The fourth-order valence-corrected chi connectivity index (χ4v) is 2.78. The van der Waals surface area contributed by atoms with E-state index in [1.54, 1.807) is 19.2 Å². The second kappa shape index (κ2) is 9.01. The minimum atomic E-state index is -0.661. The van der Waals surface area contributed by atoms with Gasteiger partial charge in [-0.15, -0.1) is 0 Å². The van der Waals surface area contributed by atoms with E-state index in [0.717, 1.165) is 11.1 Å². The fourth-order valence-electron chi connectivity index (χ4n) is 2.78. The number of phenolic OH excluding ortho intramolecular Hbond substituents is 1. The molecule has 0 atom stereocenters. The molecule has 1 N–H and O–H groups in total. The van der Waals surface area contributed by atoms with Gasteiger partial charge < -0.3 is 14.7 Å². The van der Waals surface area contributed by atoms with E-state index in [1.807, 2.05) is 30.3 Å². The van der Waals surface area contributed by atoms with Crippen molar-refractivity contribution in [2.45, 2.75) is 6.54 Å². The number of amides is 1. The molecule has 148 valence electrons. The number of aromatic hydroxyl groups is 1. The Balaban J connectivity index is 1.61. The van der Waals surface area contributed by atoms with E-state index in [0.29, 0.717) is 5.56 Å². The zero-order valence-electron chi connectivity index (χ0n) is 15.8. The van der Waals surface area contributed by atoms with Crippen molar-refractivity contribution in [1.29, 1.82) is 0 Å². The van der Waals surface area contributed by atoms with Gasteiger partial charge in [-0.2, -0.15) is 0 Å². The number of esters is 1. The van der Waals surface area contributed by atoms with Gasteiger partial charge in [0.25, 0.3) is 5.91 Å². The number of ether oxygens (including phenoxy) is 1. The number of carbonyl (C=O) groups excluding carboxylic acids is 2. The zero-order chi connectivity index (χ0) is 20.8. The van der Waals surface area contributed by atoms with Gasteiger partial charge in [-0.1, -0.05) is 42.5 Å². The summed E-state index contributed by atoms with van der Waals surface area (Å²) in [7, 11) is 1.58. The highest BCUT2D eigenvalue weighted by Crippen LogP contribution is 2.30. The van der Waals surface area contributed by atoms with Crippen LogP contribution in [0.15, 0.2) is 72.8 Å². The van der Waals surface area contributed by atoms with Crippen LogP contribution in [0.4, 0.5) is 4.39 Å². The SMILES string of the molecule is CN(Cc1ccc(F)cc1)C(=O)COC(=O)c1ccc(O)c(-c2ccccc2)c1. The second-order valence-corrected chi connectivity index (χ2v) is 6.55. The molecule has 0 radical (unpaired) electrons. The highest BCUT2D eigenvalue weighted by molar-refractivity contribution is 5.93. The lowest BCUT2D eigenvalue weighted by Gasteiger charge is -2.17. The van der Waals surface area contributed by atoms with Crippen molar-refractivity contribution in [1.82, 2.24) is 4.90 Å². The Morgan fingerprint density at radius 2 is 1.69 bits per heavy atom. The minimum Gasteiger partial charge on any atom is -0.507 e. The molecule has 5 nitrogen and oxygen atoms in total. The van der Waals surface area contributed by atoms with Crippen molar-refractivity contribution in [3.05, 3.63) is 89.7 Å². The molecule has 3 aromatic carbocycles. The van der Waals surface area contributed by atoms with E-state index in [9.17, 15) is 19.1 Å². The Kier molecular flexibility index (Phi) is 6.24. The highest BCUT2D eigenvalue weighted by Gasteiger charge is 2.16. The predicted octanol–water partition coefficient (Wildman–Crippen LogP) is 4.01. The molecule has 0 aliphatic carbocycles. The third-order valence-electron chi connectivity index (χ3n) is 4.40. The molecule has 29 heavy (non-hydrogen) atoms. The van der Waals surface area contributed by atoms with Crippen LogP contribution in [0.25, 0.3) is 11.1 Å². The van der Waals surface area contributed by atoms with Gasteiger partial charge in [-0.05, 0) is 41.5 Å². The number of halogens is 1. The smallest absolute Gasteiger partial charge is 0.338 e. The lowest BCUT2D eigenvalue weighted by atomic mass is 10.0. The van der Waals surface area contributed by atoms with Gasteiger partial charge in [0.05, 0.1) is 5.56 Å². The van der Waals surface area contributed by atoms with Gasteiger partial charge in [0, 0.05) is 19.2 Å². The van der Waals surface area contributed by atoms with Crippen LogP contribution in [-0.2, 0) is 16.1 Å². The fraction of sp³-hybridized carbons (Fsp3) is 0.130. The first kappa shape index (κ1) is 20.1. The van der Waals surface area contributed by atoms with Crippen LogP contribution in [0, 0.1) is 5.82 Å². The van der Waals surface area contributed by atoms with Crippen molar-refractivity contribution < 1.29 is 23.8 Å². The van der Waals surface area contributed by atoms with Crippen LogP contribution in [-0.4, -0.2) is 35.5 Å². The summed E-state index contributed by atoms with van der Waals surface area (Å²) in [6.45, 7) is -0.147. The Labute approximate surface area is 168 Å². The number of hydrogen-bond donors (Lipinski definition) is 1. The molecule has 6 heteroatoms. The molecule has 0 heterocycles. The van der Waals surface area contributed by atoms with E-state index in [1.165, 1.54) is 35.2 Å². The molecular weight excluding hydrogens is 373 g/mol. The Morgan fingerprint density at radius 1 is 1.00 bits per heavy atom. The molecule has 0 spiro atoms. The Hall–Kier alpha value is -3.67. The average molecular weight is 393 g/mol. The van der Waals surface area contributed by atoms with Gasteiger partial charge in [0.1, 0.15) is 11.6 Å². The van der Waals surface area contributed by atoms with Crippen LogP contribution in [0.5, 0.6) is 5.75 Å². The summed E-state index contributed by atoms with van der Waals surface area (Å²) in [6, 6.07) is 19.4. The first-order chi connectivity index (χ1) is 13.9. The van der Waals surface area contributed by atoms with Gasteiger partial charge >= 0.3 is 5.97 Å². The summed E-state index contributed by atoms with van der Waals surface area (Å²) in [4.78, 5) is 26.0. The summed E-state index contributed by atoms with van der Waals surface area (Å²) in [6.07, 6.45) is 0. The summed E-state index contributed by atoms with van der Waals surface area (Å²) in [5.41, 5.74) is 2.25. The van der Waals surface area contributed by atoms with Crippen LogP contribution in [0.2, 0.25) is 0 Å². The molecule has 3 rings (SSSR count). The number of rotatable bonds is 6. The molecule has 0 aromatic heterocycles. The second-order valence-electron chi connectivity index (χ2n) is 6.55. The van der Waals surface area contributed by atoms with E-state index < -0.39 is 12.6 Å². The molecule has 0 unspecified atom stereocenters. The Bertz CT molecular complexity index is 1000. The summed E-state index contributed by atoms with van der Waals surface area (Å²) in [5, 5.41) is 10.1. The highest BCUT2D eigenvalue weighted by atomic mass is 19.1. The zero-order valence-corrected chi connectivity index (χ0v) is 15.8. The van der Waals surface area contributed by atoms with Crippen LogP contribution in [0.1, 0.15) is 15.9 Å². The maximum absolute atomic E-state index is 13.0. The molecular formula is C23H20FNO4. The molecule has 1 amide bonds. The minimum absolute atomic E-state index is 0.0443. The van der Waals surface area contributed by atoms with Gasteiger partial charge in [0.15, 0.2) is 6.61 Å².